The van der Waals surface area contributed by atoms with Crippen LogP contribution in [0.2, 0.25) is 0 Å². The Morgan fingerprint density at radius 1 is 1.00 bits per heavy atom. The smallest absolute Gasteiger partial charge is 0.183 e. The number of anilines is 1. The van der Waals surface area contributed by atoms with E-state index in [0.717, 1.165) is 32.5 Å². The van der Waals surface area contributed by atoms with Gasteiger partial charge in [-0.15, -0.1) is 0 Å². The molecule has 0 bridgehead atoms. The summed E-state index contributed by atoms with van der Waals surface area (Å²) < 4.78 is 0. The van der Waals surface area contributed by atoms with E-state index in [1.165, 1.54) is 0 Å². The van der Waals surface area contributed by atoms with E-state index in [9.17, 15) is 5.26 Å². The predicted molar refractivity (Wildman–Crippen MR) is 98.3 cm³/mol. The largest absolute Gasteiger partial charge is 0.351 e. The van der Waals surface area contributed by atoms with Crippen molar-refractivity contribution < 1.29 is 0 Å². The third-order valence-corrected chi connectivity index (χ3v) is 5.02. The zero-order valence-corrected chi connectivity index (χ0v) is 14.7. The number of aromatic nitrogens is 3. The number of rotatable bonds is 1. The molecule has 0 spiro atoms. The Morgan fingerprint density at radius 3 is 2.70 bits per heavy atom. The van der Waals surface area contributed by atoms with Gasteiger partial charge in [0.2, 0.25) is 0 Å². The lowest BCUT2D eigenvalue weighted by Crippen LogP contribution is -2.52. The molecule has 0 amide bonds. The van der Waals surface area contributed by atoms with E-state index in [1.807, 2.05) is 12.1 Å². The van der Waals surface area contributed by atoms with Crippen molar-refractivity contribution in [3.05, 3.63) is 47.7 Å². The van der Waals surface area contributed by atoms with Gasteiger partial charge in [0.1, 0.15) is 23.5 Å². The van der Waals surface area contributed by atoms with Crippen LogP contribution in [-0.2, 0) is 0 Å². The van der Waals surface area contributed by atoms with Crippen LogP contribution in [0.5, 0.6) is 0 Å². The van der Waals surface area contributed by atoms with Crippen LogP contribution < -0.4 is 4.90 Å². The van der Waals surface area contributed by atoms with Crippen molar-refractivity contribution >= 4 is 5.82 Å². The summed E-state index contributed by atoms with van der Waals surface area (Å²) in [5.41, 5.74) is 1.40. The summed E-state index contributed by atoms with van der Waals surface area (Å²) >= 11 is 0. The lowest BCUT2D eigenvalue weighted by molar-refractivity contribution is 0.202. The summed E-state index contributed by atoms with van der Waals surface area (Å²) in [5.74, 6) is 7.13. The molecule has 2 aromatic rings. The predicted octanol–water partition coefficient (Wildman–Crippen LogP) is 1.32. The van der Waals surface area contributed by atoms with Crippen LogP contribution in [0.25, 0.3) is 0 Å². The Hall–Kier alpha value is -3.47. The Labute approximate surface area is 157 Å². The van der Waals surface area contributed by atoms with Gasteiger partial charge in [0.25, 0.3) is 0 Å². The third kappa shape index (κ3) is 3.44. The number of nitrogens with zero attached hydrogens (tertiary/aromatic N) is 7. The van der Waals surface area contributed by atoms with Crippen LogP contribution >= 0.6 is 0 Å². The molecule has 2 aromatic heterocycles. The molecule has 27 heavy (non-hydrogen) atoms. The maximum atomic E-state index is 9.26. The minimum Gasteiger partial charge on any atom is -0.351 e. The summed E-state index contributed by atoms with van der Waals surface area (Å²) in [5, 5.41) is 18.2. The first kappa shape index (κ1) is 17.0. The van der Waals surface area contributed by atoms with E-state index in [4.69, 9.17) is 5.26 Å². The summed E-state index contributed by atoms with van der Waals surface area (Å²) in [6.45, 7) is 2.50. The van der Waals surface area contributed by atoms with Gasteiger partial charge in [0.05, 0.1) is 6.04 Å². The van der Waals surface area contributed by atoms with Crippen LogP contribution in [0.15, 0.2) is 30.6 Å². The van der Waals surface area contributed by atoms with Gasteiger partial charge in [0.15, 0.2) is 11.5 Å². The van der Waals surface area contributed by atoms with E-state index in [-0.39, 0.29) is 6.04 Å². The van der Waals surface area contributed by atoms with Crippen molar-refractivity contribution in [1.29, 1.82) is 10.5 Å². The molecule has 0 radical (unpaired) electrons. The third-order valence-electron chi connectivity index (χ3n) is 5.02. The second-order valence-corrected chi connectivity index (χ2v) is 6.56. The number of hydrogen-bond acceptors (Lipinski definition) is 7. The molecule has 0 N–H and O–H groups in total. The molecule has 4 rings (SSSR count). The number of nitriles is 2. The Bertz CT molecular complexity index is 992. The fraction of sp³-hybridized carbons (Fsp3) is 0.350. The summed E-state index contributed by atoms with van der Waals surface area (Å²) in [6.07, 6.45) is 5.25. The van der Waals surface area contributed by atoms with Gasteiger partial charge in [-0.25, -0.2) is 15.0 Å². The molecular formula is C20H17N7. The van der Waals surface area contributed by atoms with Crippen LogP contribution in [0.3, 0.4) is 0 Å². The van der Waals surface area contributed by atoms with Crippen molar-refractivity contribution in [3.63, 3.8) is 0 Å². The molecule has 0 unspecified atom stereocenters. The lowest BCUT2D eigenvalue weighted by Gasteiger charge is -2.39. The lowest BCUT2D eigenvalue weighted by atomic mass is 10.1. The Morgan fingerprint density at radius 2 is 1.85 bits per heavy atom. The maximum absolute atomic E-state index is 9.26. The van der Waals surface area contributed by atoms with Gasteiger partial charge in [-0.3, -0.25) is 4.90 Å². The van der Waals surface area contributed by atoms with Crippen molar-refractivity contribution in [3.8, 4) is 24.0 Å². The average Bonchev–Trinajstić information content (AvgIpc) is 3.14. The van der Waals surface area contributed by atoms with E-state index >= 15 is 0 Å². The molecular weight excluding hydrogens is 338 g/mol. The van der Waals surface area contributed by atoms with Crippen molar-refractivity contribution in [2.45, 2.75) is 24.9 Å². The second-order valence-electron chi connectivity index (χ2n) is 6.56. The van der Waals surface area contributed by atoms with Gasteiger partial charge in [-0.1, -0.05) is 12.0 Å². The van der Waals surface area contributed by atoms with Crippen LogP contribution in [0, 0.1) is 34.5 Å². The molecule has 2 atom stereocenters. The molecule has 0 saturated carbocycles. The van der Waals surface area contributed by atoms with Crippen molar-refractivity contribution in [2.24, 2.45) is 0 Å². The number of hydrogen-bond donors (Lipinski definition) is 0. The molecule has 7 nitrogen and oxygen atoms in total. The van der Waals surface area contributed by atoms with E-state index in [1.54, 1.807) is 24.5 Å². The van der Waals surface area contributed by atoms with E-state index in [0.29, 0.717) is 28.9 Å². The standard InChI is InChI=1S/C20H17N7/c21-12-16-3-1-2-15(25-16)4-5-17-6-7-18-14-26(10-11-27(17)18)20-19(13-22)23-8-9-24-20/h1-3,8-9,17-18H,6-7,10-11,14H2/t17-,18-/m0/s1. The fourth-order valence-corrected chi connectivity index (χ4v) is 3.77. The highest BCUT2D eigenvalue weighted by Crippen LogP contribution is 2.29. The molecule has 2 saturated heterocycles. The topological polar surface area (TPSA) is 92.7 Å². The zero-order valence-electron chi connectivity index (χ0n) is 14.7. The summed E-state index contributed by atoms with van der Waals surface area (Å²) in [4.78, 5) is 17.3. The fourth-order valence-electron chi connectivity index (χ4n) is 3.77. The average molecular weight is 355 g/mol. The summed E-state index contributed by atoms with van der Waals surface area (Å²) in [7, 11) is 0. The first-order valence-corrected chi connectivity index (χ1v) is 8.89. The van der Waals surface area contributed by atoms with Crippen molar-refractivity contribution in [1.82, 2.24) is 19.9 Å². The second kappa shape index (κ2) is 7.41. The maximum Gasteiger partial charge on any atom is 0.183 e. The monoisotopic (exact) mass is 355 g/mol. The minimum atomic E-state index is 0.196. The highest BCUT2D eigenvalue weighted by Gasteiger charge is 2.37. The number of pyridine rings is 1. The molecule has 4 heterocycles. The van der Waals surface area contributed by atoms with E-state index < -0.39 is 0 Å². The minimum absolute atomic E-state index is 0.196. The van der Waals surface area contributed by atoms with Gasteiger partial charge in [-0.2, -0.15) is 10.5 Å². The zero-order chi connectivity index (χ0) is 18.6. The SMILES string of the molecule is N#Cc1cccc(C#C[C@H]2CC[C@H]3CN(c4nccnc4C#N)CCN32)n1. The molecule has 7 heteroatoms. The van der Waals surface area contributed by atoms with Gasteiger partial charge in [-0.05, 0) is 30.9 Å². The van der Waals surface area contributed by atoms with Crippen LogP contribution in [-0.4, -0.2) is 51.6 Å². The number of piperazine rings is 1. The molecule has 132 valence electrons. The van der Waals surface area contributed by atoms with Gasteiger partial charge >= 0.3 is 0 Å². The first-order valence-electron chi connectivity index (χ1n) is 8.89. The van der Waals surface area contributed by atoms with Gasteiger partial charge < -0.3 is 4.90 Å². The summed E-state index contributed by atoms with van der Waals surface area (Å²) in [6, 6.07) is 10.1. The quantitative estimate of drug-likeness (QED) is 0.712. The van der Waals surface area contributed by atoms with Crippen molar-refractivity contribution in [2.75, 3.05) is 24.5 Å². The molecule has 0 aliphatic carbocycles. The molecule has 2 fully saturated rings. The Balaban J connectivity index is 1.47. The van der Waals surface area contributed by atoms with Crippen LogP contribution in [0.4, 0.5) is 5.82 Å². The normalized spacial score (nSPS) is 21.5. The first-order chi connectivity index (χ1) is 13.3. The van der Waals surface area contributed by atoms with Crippen LogP contribution in [0.1, 0.15) is 29.9 Å². The van der Waals surface area contributed by atoms with Gasteiger partial charge in [0, 0.05) is 38.1 Å². The molecule has 0 aromatic carbocycles. The van der Waals surface area contributed by atoms with E-state index in [2.05, 4.69) is 42.7 Å². The molecule has 2 aliphatic rings. The highest BCUT2D eigenvalue weighted by molar-refractivity contribution is 5.50. The molecule has 2 aliphatic heterocycles. The highest BCUT2D eigenvalue weighted by atomic mass is 15.3. The Kier molecular flexibility index (Phi) is 4.66. The number of fused-ring (bicyclic) bond motifs is 1.